The van der Waals surface area contributed by atoms with Crippen LogP contribution in [0.2, 0.25) is 0 Å². The molecule has 4 aromatic rings. The lowest BCUT2D eigenvalue weighted by Gasteiger charge is -2.25. The van der Waals surface area contributed by atoms with Gasteiger partial charge in [0.25, 0.3) is 5.56 Å². The van der Waals surface area contributed by atoms with Crippen molar-refractivity contribution in [1.82, 2.24) is 9.78 Å². The zero-order valence-electron chi connectivity index (χ0n) is 27.5. The number of nitrogens with one attached hydrogen (secondary N) is 1. The van der Waals surface area contributed by atoms with Crippen LogP contribution in [0, 0.1) is 11.3 Å². The highest BCUT2D eigenvalue weighted by Crippen LogP contribution is 2.50. The number of halogens is 3. The van der Waals surface area contributed by atoms with Crippen LogP contribution < -0.4 is 10.9 Å². The molecule has 0 bridgehead atoms. The molecule has 0 spiro atoms. The smallest absolute Gasteiger partial charge is 0.389 e. The summed E-state index contributed by atoms with van der Waals surface area (Å²) in [6.07, 6.45) is -3.76. The van der Waals surface area contributed by atoms with Gasteiger partial charge in [-0.2, -0.15) is 18.3 Å². The van der Waals surface area contributed by atoms with E-state index in [2.05, 4.69) is 10.4 Å². The minimum atomic E-state index is -4.46. The van der Waals surface area contributed by atoms with Crippen molar-refractivity contribution in [3.05, 3.63) is 118 Å². The first-order valence-electron chi connectivity index (χ1n) is 16.0. The summed E-state index contributed by atoms with van der Waals surface area (Å²) in [6, 6.07) is 26.2. The number of amides is 1. The Labute approximate surface area is 278 Å². The summed E-state index contributed by atoms with van der Waals surface area (Å²) in [6.45, 7) is 7.03. The second-order valence-electron chi connectivity index (χ2n) is 13.7. The molecule has 1 aliphatic rings. The maximum Gasteiger partial charge on any atom is 0.389 e. The number of hydrogen-bond donors (Lipinski definition) is 1. The van der Waals surface area contributed by atoms with Crippen molar-refractivity contribution in [3.63, 3.8) is 0 Å². The Morgan fingerprint density at radius 1 is 0.917 bits per heavy atom. The zero-order chi connectivity index (χ0) is 34.7. The molecular weight excluding hydrogens is 619 g/mol. The number of benzene rings is 3. The van der Waals surface area contributed by atoms with E-state index in [1.807, 2.05) is 57.2 Å². The molecule has 48 heavy (non-hydrogen) atoms. The van der Waals surface area contributed by atoms with E-state index in [4.69, 9.17) is 4.74 Å². The fourth-order valence-electron chi connectivity index (χ4n) is 5.91. The SMILES string of the molecule is CC(CC(F)(F)F)C(C(=O)Nc1cccc(CC2(C(=O)OC(C)(C)C)CC2)c1)c1ccc(Cn2nc(-c3ccccc3)ccc2=O)cc1. The molecule has 10 heteroatoms. The molecule has 1 amide bonds. The van der Waals surface area contributed by atoms with Crippen LogP contribution >= 0.6 is 0 Å². The van der Waals surface area contributed by atoms with E-state index in [1.54, 1.807) is 48.5 Å². The predicted molar refractivity (Wildman–Crippen MR) is 178 cm³/mol. The molecule has 0 saturated heterocycles. The molecule has 1 aliphatic carbocycles. The Bertz CT molecular complexity index is 1810. The number of ether oxygens (including phenoxy) is 1. The Kier molecular flexibility index (Phi) is 9.94. The number of carbonyl (C=O) groups is 2. The fraction of sp³-hybridized carbons (Fsp3) is 0.368. The van der Waals surface area contributed by atoms with Gasteiger partial charge in [-0.15, -0.1) is 0 Å². The number of alkyl halides is 3. The largest absolute Gasteiger partial charge is 0.460 e. The molecule has 0 radical (unpaired) electrons. The van der Waals surface area contributed by atoms with Crippen LogP contribution in [-0.2, 0) is 27.3 Å². The van der Waals surface area contributed by atoms with Crippen LogP contribution in [0.1, 0.15) is 69.6 Å². The number of carbonyl (C=O) groups excluding carboxylic acids is 2. The quantitative estimate of drug-likeness (QED) is 0.165. The summed E-state index contributed by atoms with van der Waals surface area (Å²) in [5.41, 5.74) is 2.35. The van der Waals surface area contributed by atoms with Crippen LogP contribution in [0.25, 0.3) is 11.3 Å². The van der Waals surface area contributed by atoms with Crippen molar-refractivity contribution in [2.45, 2.75) is 77.6 Å². The lowest BCUT2D eigenvalue weighted by molar-refractivity contribution is -0.161. The minimum absolute atomic E-state index is 0.145. The van der Waals surface area contributed by atoms with Crippen LogP contribution in [0.15, 0.2) is 95.8 Å². The van der Waals surface area contributed by atoms with E-state index in [1.165, 1.54) is 17.7 Å². The van der Waals surface area contributed by atoms with Crippen molar-refractivity contribution < 1.29 is 27.5 Å². The third kappa shape index (κ3) is 8.99. The van der Waals surface area contributed by atoms with E-state index in [0.717, 1.165) is 11.1 Å². The van der Waals surface area contributed by atoms with Gasteiger partial charge in [-0.25, -0.2) is 4.68 Å². The molecule has 5 rings (SSSR count). The summed E-state index contributed by atoms with van der Waals surface area (Å²) in [4.78, 5) is 39.1. The predicted octanol–water partition coefficient (Wildman–Crippen LogP) is 7.93. The average Bonchev–Trinajstić information content (AvgIpc) is 3.79. The first kappa shape index (κ1) is 34.6. The molecule has 7 nitrogen and oxygen atoms in total. The highest BCUT2D eigenvalue weighted by atomic mass is 19.4. The van der Waals surface area contributed by atoms with Gasteiger partial charge in [0.1, 0.15) is 5.60 Å². The molecule has 1 aromatic heterocycles. The van der Waals surface area contributed by atoms with Gasteiger partial charge in [0, 0.05) is 23.7 Å². The second-order valence-corrected chi connectivity index (χ2v) is 13.7. The van der Waals surface area contributed by atoms with Gasteiger partial charge in [-0.05, 0) is 80.8 Å². The summed E-state index contributed by atoms with van der Waals surface area (Å²) in [5, 5.41) is 7.31. The van der Waals surface area contributed by atoms with Crippen LogP contribution in [-0.4, -0.2) is 33.4 Å². The zero-order valence-corrected chi connectivity index (χ0v) is 27.5. The number of esters is 1. The van der Waals surface area contributed by atoms with Crippen molar-refractivity contribution >= 4 is 17.6 Å². The number of hydrogen-bond acceptors (Lipinski definition) is 5. The molecule has 252 valence electrons. The monoisotopic (exact) mass is 659 g/mol. The molecule has 1 heterocycles. The summed E-state index contributed by atoms with van der Waals surface area (Å²) >= 11 is 0. The maximum atomic E-state index is 13.7. The van der Waals surface area contributed by atoms with Gasteiger partial charge < -0.3 is 10.1 Å². The van der Waals surface area contributed by atoms with Crippen LogP contribution in [0.3, 0.4) is 0 Å². The summed E-state index contributed by atoms with van der Waals surface area (Å²) in [7, 11) is 0. The lowest BCUT2D eigenvalue weighted by Crippen LogP contribution is -2.31. The number of nitrogens with zero attached hydrogens (tertiary/aromatic N) is 2. The van der Waals surface area contributed by atoms with Gasteiger partial charge >= 0.3 is 12.1 Å². The Hall–Kier alpha value is -4.73. The number of aromatic nitrogens is 2. The van der Waals surface area contributed by atoms with E-state index in [-0.39, 0.29) is 18.1 Å². The first-order chi connectivity index (χ1) is 22.6. The van der Waals surface area contributed by atoms with Gasteiger partial charge in [0.05, 0.1) is 23.6 Å². The van der Waals surface area contributed by atoms with E-state index >= 15 is 0 Å². The number of anilines is 1. The number of rotatable bonds is 11. The normalized spacial score (nSPS) is 15.3. The Morgan fingerprint density at radius 2 is 1.60 bits per heavy atom. The second kappa shape index (κ2) is 13.8. The molecule has 0 aliphatic heterocycles. The fourth-order valence-corrected chi connectivity index (χ4v) is 5.91. The van der Waals surface area contributed by atoms with Crippen molar-refractivity contribution in [2.75, 3.05) is 5.32 Å². The lowest BCUT2D eigenvalue weighted by atomic mass is 9.83. The molecule has 1 saturated carbocycles. The molecule has 1 fully saturated rings. The first-order valence-corrected chi connectivity index (χ1v) is 16.0. The Morgan fingerprint density at radius 3 is 2.23 bits per heavy atom. The molecule has 1 N–H and O–H groups in total. The standard InChI is InChI=1S/C38H40F3N3O4/c1-25(22-38(39,40)41)33(34(46)42-30-12-8-9-27(21-30)23-37(19-20-37)35(47)48-36(2,3)4)29-15-13-26(14-16-29)24-44-32(45)18-17-31(43-44)28-10-6-5-7-11-28/h5-18,21,25,33H,19-20,22-24H2,1-4H3,(H,42,46). The third-order valence-corrected chi connectivity index (χ3v) is 8.43. The highest BCUT2D eigenvalue weighted by molar-refractivity contribution is 5.96. The van der Waals surface area contributed by atoms with E-state index in [9.17, 15) is 27.6 Å². The van der Waals surface area contributed by atoms with Crippen molar-refractivity contribution in [2.24, 2.45) is 11.3 Å². The highest BCUT2D eigenvalue weighted by Gasteiger charge is 2.52. The minimum Gasteiger partial charge on any atom is -0.460 e. The van der Waals surface area contributed by atoms with Gasteiger partial charge in [-0.3, -0.25) is 14.4 Å². The molecule has 2 unspecified atom stereocenters. The van der Waals surface area contributed by atoms with Crippen LogP contribution in [0.4, 0.5) is 18.9 Å². The molecule has 3 aromatic carbocycles. The third-order valence-electron chi connectivity index (χ3n) is 8.43. The topological polar surface area (TPSA) is 90.3 Å². The summed E-state index contributed by atoms with van der Waals surface area (Å²) < 4.78 is 47.6. The van der Waals surface area contributed by atoms with Crippen molar-refractivity contribution in [3.8, 4) is 11.3 Å². The maximum absolute atomic E-state index is 13.7. The summed E-state index contributed by atoms with van der Waals surface area (Å²) in [5.74, 6) is -2.99. The van der Waals surface area contributed by atoms with E-state index in [0.29, 0.717) is 41.8 Å². The van der Waals surface area contributed by atoms with E-state index < -0.39 is 41.4 Å². The molecule has 2 atom stereocenters. The molecular formula is C38H40F3N3O4. The van der Waals surface area contributed by atoms with Crippen LogP contribution in [0.5, 0.6) is 0 Å². The Balaban J connectivity index is 1.34. The average molecular weight is 660 g/mol. The van der Waals surface area contributed by atoms with Gasteiger partial charge in [0.2, 0.25) is 5.91 Å². The van der Waals surface area contributed by atoms with Gasteiger partial charge in [0.15, 0.2) is 0 Å². The van der Waals surface area contributed by atoms with Crippen molar-refractivity contribution in [1.29, 1.82) is 0 Å². The van der Waals surface area contributed by atoms with Gasteiger partial charge in [-0.1, -0.05) is 73.7 Å².